The van der Waals surface area contributed by atoms with Crippen molar-refractivity contribution in [3.8, 4) is 0 Å². The summed E-state index contributed by atoms with van der Waals surface area (Å²) >= 11 is 2.18. The van der Waals surface area contributed by atoms with E-state index in [1.807, 2.05) is 24.3 Å². The lowest BCUT2D eigenvalue weighted by Gasteiger charge is -2.13. The summed E-state index contributed by atoms with van der Waals surface area (Å²) in [6.45, 7) is 0.0720. The minimum Gasteiger partial charge on any atom is -0.326 e. The molecule has 0 radical (unpaired) electrons. The lowest BCUT2D eigenvalue weighted by molar-refractivity contribution is -0.116. The fourth-order valence-electron chi connectivity index (χ4n) is 2.41. The van der Waals surface area contributed by atoms with Crippen LogP contribution < -0.4 is 5.32 Å². The number of nitrogens with one attached hydrogen (secondary N) is 1. The quantitative estimate of drug-likeness (QED) is 0.611. The van der Waals surface area contributed by atoms with E-state index in [9.17, 15) is 14.4 Å². The van der Waals surface area contributed by atoms with Crippen LogP contribution in [0.4, 0.5) is 5.69 Å². The van der Waals surface area contributed by atoms with E-state index in [-0.39, 0.29) is 30.7 Å². The SMILES string of the molecule is O=C(CCN1C(=O)c2ccccc2C1=O)Nc1ccc(I)cc1. The lowest BCUT2D eigenvalue weighted by atomic mass is 10.1. The van der Waals surface area contributed by atoms with Crippen molar-refractivity contribution in [3.05, 3.63) is 63.2 Å². The van der Waals surface area contributed by atoms with E-state index < -0.39 is 0 Å². The molecule has 5 nitrogen and oxygen atoms in total. The van der Waals surface area contributed by atoms with Crippen LogP contribution in [0.15, 0.2) is 48.5 Å². The Labute approximate surface area is 146 Å². The highest BCUT2D eigenvalue weighted by Crippen LogP contribution is 2.22. The molecule has 1 aliphatic rings. The number of carbonyl (C=O) groups excluding carboxylic acids is 3. The van der Waals surface area contributed by atoms with E-state index in [2.05, 4.69) is 27.9 Å². The number of amides is 3. The molecule has 0 saturated carbocycles. The van der Waals surface area contributed by atoms with E-state index >= 15 is 0 Å². The lowest BCUT2D eigenvalue weighted by Crippen LogP contribution is -2.32. The van der Waals surface area contributed by atoms with Crippen molar-refractivity contribution in [2.45, 2.75) is 6.42 Å². The van der Waals surface area contributed by atoms with Gasteiger partial charge in [-0.25, -0.2) is 0 Å². The largest absolute Gasteiger partial charge is 0.326 e. The summed E-state index contributed by atoms with van der Waals surface area (Å²) in [7, 11) is 0. The second-order valence-electron chi connectivity index (χ2n) is 5.11. The standard InChI is InChI=1S/C17H13IN2O3/c18-11-5-7-12(8-6-11)19-15(21)9-10-20-16(22)13-3-1-2-4-14(13)17(20)23/h1-8H,9-10H2,(H,19,21). The minimum atomic E-state index is -0.340. The Hall–Kier alpha value is -2.22. The topological polar surface area (TPSA) is 66.5 Å². The monoisotopic (exact) mass is 420 g/mol. The van der Waals surface area contributed by atoms with E-state index in [1.54, 1.807) is 24.3 Å². The van der Waals surface area contributed by atoms with Gasteiger partial charge in [0.1, 0.15) is 0 Å². The smallest absolute Gasteiger partial charge is 0.261 e. The van der Waals surface area contributed by atoms with Gasteiger partial charge in [0, 0.05) is 22.2 Å². The highest BCUT2D eigenvalue weighted by molar-refractivity contribution is 14.1. The van der Waals surface area contributed by atoms with Crippen LogP contribution in [0.5, 0.6) is 0 Å². The number of hydrogen-bond acceptors (Lipinski definition) is 3. The van der Waals surface area contributed by atoms with Gasteiger partial charge in [-0.3, -0.25) is 19.3 Å². The molecule has 23 heavy (non-hydrogen) atoms. The van der Waals surface area contributed by atoms with Gasteiger partial charge in [-0.2, -0.15) is 0 Å². The van der Waals surface area contributed by atoms with Crippen LogP contribution in [0, 0.1) is 3.57 Å². The third-order valence-corrected chi connectivity index (χ3v) is 4.29. The predicted octanol–water partition coefficient (Wildman–Crippen LogP) is 2.92. The Balaban J connectivity index is 1.61. The average Bonchev–Trinajstić information content (AvgIpc) is 2.80. The zero-order valence-corrected chi connectivity index (χ0v) is 14.2. The Morgan fingerprint density at radius 3 is 2.09 bits per heavy atom. The summed E-state index contributed by atoms with van der Waals surface area (Å²) in [5, 5.41) is 2.75. The Bertz CT molecular complexity index is 752. The maximum atomic E-state index is 12.2. The molecule has 2 aromatic rings. The van der Waals surface area contributed by atoms with Crippen LogP contribution in [-0.4, -0.2) is 29.2 Å². The van der Waals surface area contributed by atoms with Crippen molar-refractivity contribution in [1.82, 2.24) is 4.90 Å². The van der Waals surface area contributed by atoms with Crippen LogP contribution in [0.2, 0.25) is 0 Å². The van der Waals surface area contributed by atoms with Crippen molar-refractivity contribution in [2.24, 2.45) is 0 Å². The van der Waals surface area contributed by atoms with Crippen molar-refractivity contribution >= 4 is 46.0 Å². The third kappa shape index (κ3) is 3.26. The molecule has 116 valence electrons. The van der Waals surface area contributed by atoms with Gasteiger partial charge in [-0.05, 0) is 59.0 Å². The van der Waals surface area contributed by atoms with Gasteiger partial charge in [-0.15, -0.1) is 0 Å². The first-order valence-electron chi connectivity index (χ1n) is 7.07. The van der Waals surface area contributed by atoms with E-state index in [1.165, 1.54) is 0 Å². The van der Waals surface area contributed by atoms with Crippen LogP contribution in [0.25, 0.3) is 0 Å². The van der Waals surface area contributed by atoms with Crippen LogP contribution in [0.1, 0.15) is 27.1 Å². The third-order valence-electron chi connectivity index (χ3n) is 3.57. The zero-order valence-electron chi connectivity index (χ0n) is 12.1. The second kappa shape index (κ2) is 6.49. The molecule has 0 fully saturated rings. The summed E-state index contributed by atoms with van der Waals surface area (Å²) in [4.78, 5) is 37.5. The fourth-order valence-corrected chi connectivity index (χ4v) is 2.77. The van der Waals surface area contributed by atoms with Crippen LogP contribution in [0.3, 0.4) is 0 Å². The number of rotatable bonds is 4. The minimum absolute atomic E-state index is 0.0669. The molecule has 0 atom stereocenters. The highest BCUT2D eigenvalue weighted by Gasteiger charge is 2.34. The van der Waals surface area contributed by atoms with Gasteiger partial charge < -0.3 is 5.32 Å². The summed E-state index contributed by atoms with van der Waals surface area (Å²) in [5.41, 5.74) is 1.49. The Morgan fingerprint density at radius 2 is 1.52 bits per heavy atom. The molecule has 3 amide bonds. The van der Waals surface area contributed by atoms with E-state index in [0.717, 1.165) is 8.47 Å². The number of imide groups is 1. The molecule has 0 aromatic heterocycles. The van der Waals surface area contributed by atoms with E-state index in [0.29, 0.717) is 16.8 Å². The van der Waals surface area contributed by atoms with Crippen LogP contribution >= 0.6 is 22.6 Å². The summed E-state index contributed by atoms with van der Waals surface area (Å²) in [5.74, 6) is -0.914. The number of fused-ring (bicyclic) bond motifs is 1. The number of anilines is 1. The molecule has 0 aliphatic carbocycles. The average molecular weight is 420 g/mol. The normalized spacial score (nSPS) is 13.2. The van der Waals surface area contributed by atoms with E-state index in [4.69, 9.17) is 0 Å². The molecule has 0 spiro atoms. The molecule has 1 heterocycles. The van der Waals surface area contributed by atoms with Gasteiger partial charge in [0.05, 0.1) is 11.1 Å². The Morgan fingerprint density at radius 1 is 0.957 bits per heavy atom. The molecule has 3 rings (SSSR count). The maximum Gasteiger partial charge on any atom is 0.261 e. The van der Waals surface area contributed by atoms with Gasteiger partial charge in [0.2, 0.25) is 5.91 Å². The molecule has 0 bridgehead atoms. The number of benzene rings is 2. The molecular formula is C17H13IN2O3. The van der Waals surface area contributed by atoms with Gasteiger partial charge >= 0.3 is 0 Å². The zero-order chi connectivity index (χ0) is 16.4. The first-order chi connectivity index (χ1) is 11.1. The molecule has 6 heteroatoms. The fraction of sp³-hybridized carbons (Fsp3) is 0.118. The molecule has 1 aliphatic heterocycles. The van der Waals surface area contributed by atoms with Gasteiger partial charge in [0.15, 0.2) is 0 Å². The first-order valence-corrected chi connectivity index (χ1v) is 8.15. The van der Waals surface area contributed by atoms with Crippen molar-refractivity contribution < 1.29 is 14.4 Å². The number of hydrogen-bond donors (Lipinski definition) is 1. The molecule has 1 N–H and O–H groups in total. The van der Waals surface area contributed by atoms with Crippen molar-refractivity contribution in [2.75, 3.05) is 11.9 Å². The highest BCUT2D eigenvalue weighted by atomic mass is 127. The molecule has 2 aromatic carbocycles. The predicted molar refractivity (Wildman–Crippen MR) is 94.2 cm³/mol. The summed E-state index contributed by atoms with van der Waals surface area (Å²) in [6.07, 6.45) is 0.0669. The first kappa shape index (κ1) is 15.7. The van der Waals surface area contributed by atoms with Gasteiger partial charge in [0.25, 0.3) is 11.8 Å². The molecule has 0 unspecified atom stereocenters. The van der Waals surface area contributed by atoms with Crippen molar-refractivity contribution in [3.63, 3.8) is 0 Å². The summed E-state index contributed by atoms with van der Waals surface area (Å²) in [6, 6.07) is 14.1. The number of halogens is 1. The number of carbonyl (C=O) groups is 3. The Kier molecular flexibility index (Phi) is 4.42. The summed E-state index contributed by atoms with van der Waals surface area (Å²) < 4.78 is 1.08. The van der Waals surface area contributed by atoms with Gasteiger partial charge in [-0.1, -0.05) is 12.1 Å². The van der Waals surface area contributed by atoms with Crippen molar-refractivity contribution in [1.29, 1.82) is 0 Å². The second-order valence-corrected chi connectivity index (χ2v) is 6.36. The number of nitrogens with zero attached hydrogens (tertiary/aromatic N) is 1. The maximum absolute atomic E-state index is 12.2. The van der Waals surface area contributed by atoms with Crippen LogP contribution in [-0.2, 0) is 4.79 Å². The molecular weight excluding hydrogens is 407 g/mol. The molecule has 0 saturated heterocycles.